The Kier molecular flexibility index (Phi) is 4.86. The quantitative estimate of drug-likeness (QED) is 0.464. The SMILES string of the molecule is O=C(Nc1ccc(C(=O)Nc2ccccc2-c2cccs2)s1)c1ccco1. The molecule has 0 radical (unpaired) electrons. The van der Waals surface area contributed by atoms with Gasteiger partial charge in [0.1, 0.15) is 0 Å². The Morgan fingerprint density at radius 2 is 1.74 bits per heavy atom. The zero-order chi connectivity index (χ0) is 18.6. The predicted octanol–water partition coefficient (Wildman–Crippen LogP) is 5.57. The van der Waals surface area contributed by atoms with E-state index in [1.54, 1.807) is 35.6 Å². The topological polar surface area (TPSA) is 71.3 Å². The van der Waals surface area contributed by atoms with Crippen LogP contribution in [0.4, 0.5) is 10.7 Å². The van der Waals surface area contributed by atoms with Crippen LogP contribution in [0, 0.1) is 0 Å². The number of hydrogen-bond donors (Lipinski definition) is 2. The van der Waals surface area contributed by atoms with Crippen LogP contribution in [0.3, 0.4) is 0 Å². The lowest BCUT2D eigenvalue weighted by Crippen LogP contribution is -2.11. The van der Waals surface area contributed by atoms with Crippen LogP contribution in [0.2, 0.25) is 0 Å². The lowest BCUT2D eigenvalue weighted by molar-refractivity contribution is 0.0995. The predicted molar refractivity (Wildman–Crippen MR) is 109 cm³/mol. The summed E-state index contributed by atoms with van der Waals surface area (Å²) in [5, 5.41) is 8.26. The Labute approximate surface area is 163 Å². The first-order valence-electron chi connectivity index (χ1n) is 8.09. The molecule has 0 aliphatic rings. The maximum Gasteiger partial charge on any atom is 0.291 e. The van der Waals surface area contributed by atoms with Gasteiger partial charge in [0.25, 0.3) is 11.8 Å². The first-order chi connectivity index (χ1) is 13.2. The van der Waals surface area contributed by atoms with Gasteiger partial charge in [-0.15, -0.1) is 22.7 Å². The van der Waals surface area contributed by atoms with Crippen LogP contribution in [0.1, 0.15) is 20.2 Å². The van der Waals surface area contributed by atoms with Crippen molar-refractivity contribution in [3.05, 3.63) is 82.9 Å². The minimum Gasteiger partial charge on any atom is -0.459 e. The molecule has 5 nitrogen and oxygen atoms in total. The van der Waals surface area contributed by atoms with E-state index in [2.05, 4.69) is 10.6 Å². The summed E-state index contributed by atoms with van der Waals surface area (Å²) >= 11 is 2.82. The van der Waals surface area contributed by atoms with Crippen LogP contribution >= 0.6 is 22.7 Å². The molecule has 0 atom stereocenters. The Hall–Kier alpha value is -3.16. The van der Waals surface area contributed by atoms with Crippen molar-refractivity contribution < 1.29 is 14.0 Å². The van der Waals surface area contributed by atoms with E-state index in [0.29, 0.717) is 9.88 Å². The number of amides is 2. The van der Waals surface area contributed by atoms with Crippen molar-refractivity contribution in [1.29, 1.82) is 0 Å². The molecule has 0 saturated heterocycles. The molecule has 3 heterocycles. The number of anilines is 2. The van der Waals surface area contributed by atoms with Gasteiger partial charge in [-0.05, 0) is 41.8 Å². The molecule has 0 saturated carbocycles. The highest BCUT2D eigenvalue weighted by Gasteiger charge is 2.15. The van der Waals surface area contributed by atoms with E-state index >= 15 is 0 Å². The summed E-state index contributed by atoms with van der Waals surface area (Å²) in [6.45, 7) is 0. The van der Waals surface area contributed by atoms with E-state index in [1.165, 1.54) is 17.6 Å². The van der Waals surface area contributed by atoms with Crippen LogP contribution < -0.4 is 10.6 Å². The summed E-state index contributed by atoms with van der Waals surface area (Å²) in [6, 6.07) is 18.3. The van der Waals surface area contributed by atoms with Gasteiger partial charge in [-0.25, -0.2) is 0 Å². The molecule has 0 spiro atoms. The third-order valence-corrected chi connectivity index (χ3v) is 5.68. The maximum atomic E-state index is 12.6. The van der Waals surface area contributed by atoms with E-state index in [-0.39, 0.29) is 17.6 Å². The first kappa shape index (κ1) is 17.3. The normalized spacial score (nSPS) is 10.5. The molecule has 2 N–H and O–H groups in total. The van der Waals surface area contributed by atoms with Gasteiger partial charge in [0, 0.05) is 16.1 Å². The molecule has 4 rings (SSSR count). The number of nitrogens with one attached hydrogen (secondary N) is 2. The highest BCUT2D eigenvalue weighted by atomic mass is 32.1. The summed E-state index contributed by atoms with van der Waals surface area (Å²) in [4.78, 5) is 26.3. The lowest BCUT2D eigenvalue weighted by Gasteiger charge is -2.09. The number of hydrogen-bond acceptors (Lipinski definition) is 5. The molecule has 1 aromatic carbocycles. The second-order valence-corrected chi connectivity index (χ2v) is 7.60. The van der Waals surface area contributed by atoms with Crippen LogP contribution in [0.5, 0.6) is 0 Å². The van der Waals surface area contributed by atoms with Gasteiger partial charge >= 0.3 is 0 Å². The van der Waals surface area contributed by atoms with Crippen molar-refractivity contribution in [2.45, 2.75) is 0 Å². The van der Waals surface area contributed by atoms with Gasteiger partial charge in [0.2, 0.25) is 0 Å². The van der Waals surface area contributed by atoms with E-state index in [9.17, 15) is 9.59 Å². The second-order valence-electron chi connectivity index (χ2n) is 5.57. The summed E-state index contributed by atoms with van der Waals surface area (Å²) in [5.74, 6) is -0.348. The molecule has 0 fully saturated rings. The third-order valence-electron chi connectivity index (χ3n) is 3.77. The number of para-hydroxylation sites is 1. The number of furan rings is 1. The fourth-order valence-electron chi connectivity index (χ4n) is 2.53. The van der Waals surface area contributed by atoms with E-state index < -0.39 is 0 Å². The fourth-order valence-corrected chi connectivity index (χ4v) is 4.09. The van der Waals surface area contributed by atoms with Gasteiger partial charge < -0.3 is 15.1 Å². The Morgan fingerprint density at radius 3 is 2.52 bits per heavy atom. The molecule has 7 heteroatoms. The van der Waals surface area contributed by atoms with Crippen molar-refractivity contribution in [2.24, 2.45) is 0 Å². The molecule has 3 aromatic heterocycles. The fraction of sp³-hybridized carbons (Fsp3) is 0. The molecule has 0 aliphatic heterocycles. The van der Waals surface area contributed by atoms with Crippen LogP contribution in [-0.2, 0) is 0 Å². The van der Waals surface area contributed by atoms with Gasteiger partial charge in [-0.2, -0.15) is 0 Å². The van der Waals surface area contributed by atoms with Crippen LogP contribution in [0.15, 0.2) is 76.7 Å². The van der Waals surface area contributed by atoms with Gasteiger partial charge in [-0.1, -0.05) is 24.3 Å². The highest BCUT2D eigenvalue weighted by Crippen LogP contribution is 2.32. The number of rotatable bonds is 5. The molecular formula is C20H14N2O3S2. The Morgan fingerprint density at radius 1 is 0.852 bits per heavy atom. The number of benzene rings is 1. The molecule has 0 aliphatic carbocycles. The number of carbonyl (C=O) groups is 2. The largest absolute Gasteiger partial charge is 0.459 e. The Bertz CT molecular complexity index is 1070. The zero-order valence-electron chi connectivity index (χ0n) is 14.0. The molecule has 27 heavy (non-hydrogen) atoms. The summed E-state index contributed by atoms with van der Waals surface area (Å²) in [5.41, 5.74) is 1.73. The summed E-state index contributed by atoms with van der Waals surface area (Å²) in [6.07, 6.45) is 1.44. The summed E-state index contributed by atoms with van der Waals surface area (Å²) in [7, 11) is 0. The van der Waals surface area contributed by atoms with Crippen LogP contribution in [-0.4, -0.2) is 11.8 Å². The molecule has 0 bridgehead atoms. The maximum absolute atomic E-state index is 12.6. The van der Waals surface area contributed by atoms with Gasteiger partial charge in [0.05, 0.1) is 16.1 Å². The average Bonchev–Trinajstić information content (AvgIpc) is 3.43. The number of thiophene rings is 2. The Balaban J connectivity index is 1.49. The second kappa shape index (κ2) is 7.61. The van der Waals surface area contributed by atoms with E-state index in [0.717, 1.165) is 16.1 Å². The van der Waals surface area contributed by atoms with Crippen molar-refractivity contribution in [3.63, 3.8) is 0 Å². The van der Waals surface area contributed by atoms with E-state index in [4.69, 9.17) is 4.42 Å². The molecule has 2 amide bonds. The van der Waals surface area contributed by atoms with Crippen molar-refractivity contribution in [2.75, 3.05) is 10.6 Å². The molecular weight excluding hydrogens is 380 g/mol. The standard InChI is InChI=1S/C20H14N2O3S2/c23-19(15-7-3-11-25-15)22-18-10-9-17(27-18)20(24)21-14-6-2-1-5-13(14)16-8-4-12-26-16/h1-12H,(H,21,24)(H,22,23). The van der Waals surface area contributed by atoms with Gasteiger partial charge in [-0.3, -0.25) is 9.59 Å². The minimum atomic E-state index is -0.350. The molecule has 0 unspecified atom stereocenters. The van der Waals surface area contributed by atoms with Crippen molar-refractivity contribution in [1.82, 2.24) is 0 Å². The third kappa shape index (κ3) is 3.84. The van der Waals surface area contributed by atoms with Crippen molar-refractivity contribution in [3.8, 4) is 10.4 Å². The van der Waals surface area contributed by atoms with Crippen LogP contribution in [0.25, 0.3) is 10.4 Å². The molecule has 134 valence electrons. The zero-order valence-corrected chi connectivity index (χ0v) is 15.6. The first-order valence-corrected chi connectivity index (χ1v) is 9.79. The highest BCUT2D eigenvalue weighted by molar-refractivity contribution is 7.18. The molecule has 4 aromatic rings. The minimum absolute atomic E-state index is 0.220. The average molecular weight is 394 g/mol. The monoisotopic (exact) mass is 394 g/mol. The van der Waals surface area contributed by atoms with Gasteiger partial charge in [0.15, 0.2) is 5.76 Å². The van der Waals surface area contributed by atoms with Crippen molar-refractivity contribution >= 4 is 45.2 Å². The smallest absolute Gasteiger partial charge is 0.291 e. The number of carbonyl (C=O) groups excluding carboxylic acids is 2. The van der Waals surface area contributed by atoms with E-state index in [1.807, 2.05) is 41.8 Å². The lowest BCUT2D eigenvalue weighted by atomic mass is 10.1. The summed E-state index contributed by atoms with van der Waals surface area (Å²) < 4.78 is 5.06.